The van der Waals surface area contributed by atoms with Gasteiger partial charge in [-0.1, -0.05) is 0 Å². The largest absolute Gasteiger partial charge is 0.369 e. The minimum Gasteiger partial charge on any atom is -0.369 e. The Morgan fingerprint density at radius 3 is 2.41 bits per heavy atom. The third-order valence-corrected chi connectivity index (χ3v) is 3.87. The van der Waals surface area contributed by atoms with Crippen LogP contribution in [-0.4, -0.2) is 30.8 Å². The zero-order chi connectivity index (χ0) is 16.3. The van der Waals surface area contributed by atoms with Crippen LogP contribution in [0, 0.1) is 5.41 Å². The number of nitrogens with two attached hydrogens (primary N) is 1. The molecular formula is C16H21N3O3. The van der Waals surface area contributed by atoms with Crippen LogP contribution in [0.4, 0.5) is 5.69 Å². The fourth-order valence-electron chi connectivity index (χ4n) is 2.20. The molecule has 0 spiro atoms. The normalized spacial score (nSPS) is 15.0. The van der Waals surface area contributed by atoms with Crippen LogP contribution in [0.15, 0.2) is 24.3 Å². The van der Waals surface area contributed by atoms with Gasteiger partial charge < -0.3 is 16.0 Å². The van der Waals surface area contributed by atoms with Crippen LogP contribution in [0.5, 0.6) is 0 Å². The summed E-state index contributed by atoms with van der Waals surface area (Å²) in [5, 5.41) is 2.70. The average Bonchev–Trinajstić information content (AvgIpc) is 2.91. The van der Waals surface area contributed by atoms with E-state index in [2.05, 4.69) is 5.32 Å². The Morgan fingerprint density at radius 2 is 1.91 bits per heavy atom. The first-order chi connectivity index (χ1) is 10.3. The summed E-state index contributed by atoms with van der Waals surface area (Å²) in [5.41, 5.74) is 5.76. The fourth-order valence-corrected chi connectivity index (χ4v) is 2.20. The predicted molar refractivity (Wildman–Crippen MR) is 83.3 cm³/mol. The van der Waals surface area contributed by atoms with E-state index in [0.717, 1.165) is 18.7 Å². The third kappa shape index (κ3) is 3.44. The molecule has 1 aliphatic heterocycles. The monoisotopic (exact) mass is 303 g/mol. The molecule has 1 aliphatic rings. The highest BCUT2D eigenvalue weighted by molar-refractivity contribution is 5.97. The minimum atomic E-state index is -0.794. The predicted octanol–water partition coefficient (Wildman–Crippen LogP) is 1.05. The summed E-state index contributed by atoms with van der Waals surface area (Å²) in [6.45, 7) is 4.25. The first kappa shape index (κ1) is 16.0. The molecule has 1 heterocycles. The lowest BCUT2D eigenvalue weighted by Gasteiger charge is -2.21. The molecule has 0 aliphatic carbocycles. The van der Waals surface area contributed by atoms with E-state index in [0.29, 0.717) is 12.0 Å². The van der Waals surface area contributed by atoms with Crippen molar-refractivity contribution in [1.82, 2.24) is 5.32 Å². The maximum absolute atomic E-state index is 12.1. The Bertz CT molecular complexity index is 593. The van der Waals surface area contributed by atoms with E-state index in [4.69, 9.17) is 5.73 Å². The number of carbonyl (C=O) groups excluding carboxylic acids is 3. The van der Waals surface area contributed by atoms with Crippen molar-refractivity contribution < 1.29 is 14.4 Å². The molecule has 1 aromatic carbocycles. The van der Waals surface area contributed by atoms with Crippen LogP contribution in [0.3, 0.4) is 0 Å². The maximum atomic E-state index is 12.1. The number of carbonyl (C=O) groups is 3. The Kier molecular flexibility index (Phi) is 4.49. The van der Waals surface area contributed by atoms with Gasteiger partial charge in [-0.25, -0.2) is 0 Å². The number of benzene rings is 1. The number of nitrogens with one attached hydrogen (secondary N) is 1. The second-order valence-electron chi connectivity index (χ2n) is 6.13. The van der Waals surface area contributed by atoms with Gasteiger partial charge in [0.1, 0.15) is 0 Å². The molecule has 0 saturated carbocycles. The molecule has 6 heteroatoms. The molecule has 2 rings (SSSR count). The van der Waals surface area contributed by atoms with Gasteiger partial charge in [-0.05, 0) is 44.5 Å². The lowest BCUT2D eigenvalue weighted by molar-refractivity contribution is -0.125. The molecule has 0 atom stereocenters. The van der Waals surface area contributed by atoms with Gasteiger partial charge in [-0.3, -0.25) is 14.4 Å². The highest BCUT2D eigenvalue weighted by atomic mass is 16.2. The molecule has 1 saturated heterocycles. The molecular weight excluding hydrogens is 282 g/mol. The number of nitrogens with zero attached hydrogens (tertiary/aromatic N) is 1. The van der Waals surface area contributed by atoms with Crippen LogP contribution in [0.1, 0.15) is 37.0 Å². The van der Waals surface area contributed by atoms with Crippen molar-refractivity contribution in [3.8, 4) is 0 Å². The van der Waals surface area contributed by atoms with Gasteiger partial charge in [0.25, 0.3) is 5.91 Å². The van der Waals surface area contributed by atoms with Gasteiger partial charge in [0.05, 0.1) is 5.41 Å². The van der Waals surface area contributed by atoms with Gasteiger partial charge in [0, 0.05) is 30.8 Å². The molecule has 22 heavy (non-hydrogen) atoms. The molecule has 3 N–H and O–H groups in total. The minimum absolute atomic E-state index is 0.111. The lowest BCUT2D eigenvalue weighted by atomic mass is 9.92. The maximum Gasteiger partial charge on any atom is 0.251 e. The summed E-state index contributed by atoms with van der Waals surface area (Å²) in [6, 6.07) is 6.87. The number of anilines is 1. The molecule has 1 fully saturated rings. The zero-order valence-corrected chi connectivity index (χ0v) is 12.9. The number of rotatable bonds is 5. The van der Waals surface area contributed by atoms with Crippen molar-refractivity contribution in [3.63, 3.8) is 0 Å². The summed E-state index contributed by atoms with van der Waals surface area (Å²) in [7, 11) is 0. The Morgan fingerprint density at radius 1 is 1.27 bits per heavy atom. The van der Waals surface area contributed by atoms with E-state index in [1.807, 2.05) is 0 Å². The number of amides is 3. The van der Waals surface area contributed by atoms with Crippen molar-refractivity contribution in [2.75, 3.05) is 18.0 Å². The van der Waals surface area contributed by atoms with Gasteiger partial charge in [-0.2, -0.15) is 0 Å². The zero-order valence-electron chi connectivity index (χ0n) is 12.9. The number of hydrogen-bond donors (Lipinski definition) is 2. The molecule has 118 valence electrons. The summed E-state index contributed by atoms with van der Waals surface area (Å²) in [6.07, 6.45) is 1.44. The second kappa shape index (κ2) is 6.17. The first-order valence-electron chi connectivity index (χ1n) is 7.30. The lowest BCUT2D eigenvalue weighted by Crippen LogP contribution is -2.42. The Hall–Kier alpha value is -2.37. The van der Waals surface area contributed by atoms with Crippen molar-refractivity contribution >= 4 is 23.4 Å². The van der Waals surface area contributed by atoms with Crippen molar-refractivity contribution in [1.29, 1.82) is 0 Å². The molecule has 6 nitrogen and oxygen atoms in total. The first-order valence-corrected chi connectivity index (χ1v) is 7.30. The van der Waals surface area contributed by atoms with Crippen LogP contribution in [0.25, 0.3) is 0 Å². The Labute approximate surface area is 129 Å². The van der Waals surface area contributed by atoms with E-state index in [-0.39, 0.29) is 18.4 Å². The SMILES string of the molecule is CC(C)(CNC(=O)c1ccc(N2CCCC2=O)cc1)C(N)=O. The van der Waals surface area contributed by atoms with Gasteiger partial charge in [0.2, 0.25) is 11.8 Å². The molecule has 1 aromatic rings. The third-order valence-electron chi connectivity index (χ3n) is 3.87. The standard InChI is InChI=1S/C16H21N3O3/c1-16(2,15(17)22)10-18-14(21)11-5-7-12(8-6-11)19-9-3-4-13(19)20/h5-8H,3-4,9-10H2,1-2H3,(H2,17,22)(H,18,21). The fraction of sp³-hybridized carbons (Fsp3) is 0.438. The molecule has 0 bridgehead atoms. The van der Waals surface area contributed by atoms with Gasteiger partial charge >= 0.3 is 0 Å². The topological polar surface area (TPSA) is 92.5 Å². The average molecular weight is 303 g/mol. The van der Waals surface area contributed by atoms with Crippen LogP contribution in [0.2, 0.25) is 0 Å². The molecule has 0 unspecified atom stereocenters. The smallest absolute Gasteiger partial charge is 0.251 e. The van der Waals surface area contributed by atoms with Gasteiger partial charge in [0.15, 0.2) is 0 Å². The summed E-state index contributed by atoms with van der Waals surface area (Å²) >= 11 is 0. The van der Waals surface area contributed by atoms with E-state index in [1.165, 1.54) is 0 Å². The van der Waals surface area contributed by atoms with Crippen molar-refractivity contribution in [2.24, 2.45) is 11.1 Å². The number of hydrogen-bond acceptors (Lipinski definition) is 3. The molecule has 3 amide bonds. The number of primary amides is 1. The highest BCUT2D eigenvalue weighted by Gasteiger charge is 2.26. The van der Waals surface area contributed by atoms with E-state index in [9.17, 15) is 14.4 Å². The van der Waals surface area contributed by atoms with Crippen LogP contribution >= 0.6 is 0 Å². The van der Waals surface area contributed by atoms with E-state index in [1.54, 1.807) is 43.0 Å². The molecule has 0 radical (unpaired) electrons. The molecule has 0 aromatic heterocycles. The van der Waals surface area contributed by atoms with E-state index < -0.39 is 11.3 Å². The van der Waals surface area contributed by atoms with Gasteiger partial charge in [-0.15, -0.1) is 0 Å². The van der Waals surface area contributed by atoms with Crippen molar-refractivity contribution in [3.05, 3.63) is 29.8 Å². The van der Waals surface area contributed by atoms with Crippen LogP contribution < -0.4 is 16.0 Å². The van der Waals surface area contributed by atoms with Crippen LogP contribution in [-0.2, 0) is 9.59 Å². The second-order valence-corrected chi connectivity index (χ2v) is 6.13. The van der Waals surface area contributed by atoms with Crippen molar-refractivity contribution in [2.45, 2.75) is 26.7 Å². The Balaban J connectivity index is 1.99. The summed E-state index contributed by atoms with van der Waals surface area (Å²) in [5.74, 6) is -0.621. The quantitative estimate of drug-likeness (QED) is 0.851. The summed E-state index contributed by atoms with van der Waals surface area (Å²) in [4.78, 5) is 36.7. The summed E-state index contributed by atoms with van der Waals surface area (Å²) < 4.78 is 0. The highest BCUT2D eigenvalue weighted by Crippen LogP contribution is 2.21. The van der Waals surface area contributed by atoms with E-state index >= 15 is 0 Å².